The van der Waals surface area contributed by atoms with E-state index in [1.165, 1.54) is 25.8 Å². The van der Waals surface area contributed by atoms with E-state index in [0.29, 0.717) is 0 Å². The molecule has 1 saturated heterocycles. The Bertz CT molecular complexity index is 197. The van der Waals surface area contributed by atoms with Crippen LogP contribution in [0.5, 0.6) is 0 Å². The molecule has 0 radical (unpaired) electrons. The van der Waals surface area contributed by atoms with Gasteiger partial charge in [0.05, 0.1) is 12.1 Å². The fourth-order valence-electron chi connectivity index (χ4n) is 2.22. The first-order valence-electron chi connectivity index (χ1n) is 5.62. The third-order valence-corrected chi connectivity index (χ3v) is 3.18. The van der Waals surface area contributed by atoms with Crippen LogP contribution < -0.4 is 5.32 Å². The van der Waals surface area contributed by atoms with E-state index >= 15 is 0 Å². The van der Waals surface area contributed by atoms with Crippen molar-refractivity contribution in [3.63, 3.8) is 0 Å². The minimum absolute atomic E-state index is 0.0214. The molecule has 1 N–H and O–H groups in total. The van der Waals surface area contributed by atoms with Gasteiger partial charge in [0.25, 0.3) is 0 Å². The van der Waals surface area contributed by atoms with E-state index in [1.54, 1.807) is 0 Å². The lowest BCUT2D eigenvalue weighted by atomic mass is 10.1. The second-order valence-electron chi connectivity index (χ2n) is 4.00. The molecule has 1 heterocycles. The van der Waals surface area contributed by atoms with Crippen molar-refractivity contribution in [3.05, 3.63) is 0 Å². The number of hydrogen-bond donors (Lipinski definition) is 1. The van der Waals surface area contributed by atoms with Gasteiger partial charge in [-0.1, -0.05) is 6.92 Å². The van der Waals surface area contributed by atoms with E-state index in [-0.39, 0.29) is 6.04 Å². The van der Waals surface area contributed by atoms with Crippen LogP contribution in [0.25, 0.3) is 0 Å². The molecule has 14 heavy (non-hydrogen) atoms. The normalized spacial score (nSPS) is 24.8. The van der Waals surface area contributed by atoms with Crippen molar-refractivity contribution >= 4 is 0 Å². The van der Waals surface area contributed by atoms with Crippen LogP contribution in [0.4, 0.5) is 0 Å². The van der Waals surface area contributed by atoms with Crippen LogP contribution in [0.3, 0.4) is 0 Å². The molecule has 0 bridgehead atoms. The van der Waals surface area contributed by atoms with Crippen LogP contribution in [-0.2, 0) is 0 Å². The summed E-state index contributed by atoms with van der Waals surface area (Å²) < 4.78 is 0. The maximum absolute atomic E-state index is 8.79. The first kappa shape index (κ1) is 11.5. The van der Waals surface area contributed by atoms with Gasteiger partial charge in [-0.15, -0.1) is 0 Å². The highest BCUT2D eigenvalue weighted by Crippen LogP contribution is 2.19. The van der Waals surface area contributed by atoms with Crippen molar-refractivity contribution in [1.82, 2.24) is 10.2 Å². The Hall–Kier alpha value is -0.590. The summed E-state index contributed by atoms with van der Waals surface area (Å²) in [4.78, 5) is 2.53. The van der Waals surface area contributed by atoms with Crippen LogP contribution >= 0.6 is 0 Å². The van der Waals surface area contributed by atoms with Crippen molar-refractivity contribution in [2.24, 2.45) is 0 Å². The highest BCUT2D eigenvalue weighted by Gasteiger charge is 2.22. The molecule has 1 aliphatic rings. The largest absolute Gasteiger partial charge is 0.305 e. The molecular weight excluding hydrogens is 174 g/mol. The first-order chi connectivity index (χ1) is 6.81. The van der Waals surface area contributed by atoms with Gasteiger partial charge < -0.3 is 10.2 Å². The lowest BCUT2D eigenvalue weighted by Crippen LogP contribution is -2.34. The Morgan fingerprint density at radius 1 is 1.64 bits per heavy atom. The molecule has 0 aliphatic carbocycles. The Morgan fingerprint density at radius 3 is 3.00 bits per heavy atom. The average Bonchev–Trinajstić information content (AvgIpc) is 2.67. The van der Waals surface area contributed by atoms with Crippen LogP contribution in [-0.4, -0.2) is 37.1 Å². The van der Waals surface area contributed by atoms with Gasteiger partial charge in [0.2, 0.25) is 0 Å². The molecule has 0 aromatic heterocycles. The fraction of sp³-hybridized carbons (Fsp3) is 0.909. The Kier molecular flexibility index (Phi) is 4.92. The van der Waals surface area contributed by atoms with E-state index in [4.69, 9.17) is 5.26 Å². The summed E-state index contributed by atoms with van der Waals surface area (Å²) in [6.45, 7) is 4.54. The van der Waals surface area contributed by atoms with Gasteiger partial charge in [-0.05, 0) is 39.3 Å². The molecule has 0 spiro atoms. The number of hydrogen-bond acceptors (Lipinski definition) is 3. The molecule has 1 aliphatic heterocycles. The van der Waals surface area contributed by atoms with Gasteiger partial charge in [-0.25, -0.2) is 0 Å². The predicted molar refractivity (Wildman–Crippen MR) is 58.0 cm³/mol. The quantitative estimate of drug-likeness (QED) is 0.720. The Morgan fingerprint density at radius 2 is 2.43 bits per heavy atom. The van der Waals surface area contributed by atoms with E-state index in [1.807, 2.05) is 7.05 Å². The maximum Gasteiger partial charge on any atom is 0.0962 e. The molecule has 0 aromatic rings. The zero-order valence-electron chi connectivity index (χ0n) is 9.29. The Balaban J connectivity index is 2.26. The summed E-state index contributed by atoms with van der Waals surface area (Å²) in [6, 6.07) is 3.06. The highest BCUT2D eigenvalue weighted by atomic mass is 15.2. The summed E-state index contributed by atoms with van der Waals surface area (Å²) in [5, 5.41) is 11.8. The molecule has 0 aromatic carbocycles. The van der Waals surface area contributed by atoms with Crippen molar-refractivity contribution in [3.8, 4) is 6.07 Å². The summed E-state index contributed by atoms with van der Waals surface area (Å²) in [7, 11) is 1.86. The van der Waals surface area contributed by atoms with Crippen LogP contribution in [0.2, 0.25) is 0 Å². The lowest BCUT2D eigenvalue weighted by molar-refractivity contribution is 0.240. The van der Waals surface area contributed by atoms with E-state index < -0.39 is 0 Å². The number of nitriles is 1. The molecular formula is C11H21N3. The summed E-state index contributed by atoms with van der Waals surface area (Å²) >= 11 is 0. The summed E-state index contributed by atoms with van der Waals surface area (Å²) in [5.74, 6) is 0. The Labute approximate surface area is 87.1 Å². The molecule has 3 nitrogen and oxygen atoms in total. The molecule has 2 atom stereocenters. The van der Waals surface area contributed by atoms with E-state index in [2.05, 4.69) is 23.2 Å². The van der Waals surface area contributed by atoms with Gasteiger partial charge in [0.1, 0.15) is 0 Å². The lowest BCUT2D eigenvalue weighted by Gasteiger charge is -2.23. The van der Waals surface area contributed by atoms with Crippen molar-refractivity contribution in [2.45, 2.75) is 44.7 Å². The van der Waals surface area contributed by atoms with Gasteiger partial charge >= 0.3 is 0 Å². The minimum atomic E-state index is 0.0214. The predicted octanol–water partition coefficient (Wildman–Crippen LogP) is 1.36. The van der Waals surface area contributed by atoms with Gasteiger partial charge in [0, 0.05) is 12.6 Å². The third kappa shape index (κ3) is 2.97. The van der Waals surface area contributed by atoms with Crippen molar-refractivity contribution in [2.75, 3.05) is 20.1 Å². The SMILES string of the molecule is CCC1CCCN1CCC(C#N)NC. The van der Waals surface area contributed by atoms with Gasteiger partial charge in [-0.3, -0.25) is 0 Å². The molecule has 0 amide bonds. The molecule has 80 valence electrons. The summed E-state index contributed by atoms with van der Waals surface area (Å²) in [6.07, 6.45) is 4.86. The van der Waals surface area contributed by atoms with Crippen LogP contribution in [0, 0.1) is 11.3 Å². The van der Waals surface area contributed by atoms with Gasteiger partial charge in [-0.2, -0.15) is 5.26 Å². The number of likely N-dealkylation sites (tertiary alicyclic amines) is 1. The smallest absolute Gasteiger partial charge is 0.0962 e. The molecule has 0 saturated carbocycles. The zero-order chi connectivity index (χ0) is 10.4. The topological polar surface area (TPSA) is 39.1 Å². The van der Waals surface area contributed by atoms with E-state index in [9.17, 15) is 0 Å². The summed E-state index contributed by atoms with van der Waals surface area (Å²) in [5.41, 5.74) is 0. The van der Waals surface area contributed by atoms with E-state index in [0.717, 1.165) is 19.0 Å². The number of rotatable bonds is 5. The van der Waals surface area contributed by atoms with Crippen LogP contribution in [0.15, 0.2) is 0 Å². The molecule has 1 rings (SSSR count). The zero-order valence-corrected chi connectivity index (χ0v) is 9.29. The second kappa shape index (κ2) is 6.00. The number of nitrogens with zero attached hydrogens (tertiary/aromatic N) is 2. The second-order valence-corrected chi connectivity index (χ2v) is 4.00. The standard InChI is InChI=1S/C11H21N3/c1-3-11-5-4-7-14(11)8-6-10(9-12)13-2/h10-11,13H,3-8H2,1-2H3. The maximum atomic E-state index is 8.79. The van der Waals surface area contributed by atoms with Crippen molar-refractivity contribution in [1.29, 1.82) is 5.26 Å². The molecule has 1 fully saturated rings. The molecule has 2 unspecified atom stereocenters. The third-order valence-electron chi connectivity index (χ3n) is 3.18. The van der Waals surface area contributed by atoms with Crippen LogP contribution in [0.1, 0.15) is 32.6 Å². The molecule has 3 heteroatoms. The minimum Gasteiger partial charge on any atom is -0.305 e. The monoisotopic (exact) mass is 195 g/mol. The fourth-order valence-corrected chi connectivity index (χ4v) is 2.22. The average molecular weight is 195 g/mol. The van der Waals surface area contributed by atoms with Crippen molar-refractivity contribution < 1.29 is 0 Å². The first-order valence-corrected chi connectivity index (χ1v) is 5.62. The number of nitrogens with one attached hydrogen (secondary N) is 1. The van der Waals surface area contributed by atoms with Gasteiger partial charge in [0.15, 0.2) is 0 Å². The highest BCUT2D eigenvalue weighted by molar-refractivity contribution is 4.90.